The Balaban J connectivity index is 0.00000243. The van der Waals surface area contributed by atoms with Gasteiger partial charge in [0.2, 0.25) is 0 Å². The molecule has 6 nitrogen and oxygen atoms in total. The number of carbonyl (C=O) groups is 2. The molecule has 26 heavy (non-hydrogen) atoms. The highest BCUT2D eigenvalue weighted by atomic mass is 35.5. The Morgan fingerprint density at radius 1 is 1.15 bits per heavy atom. The van der Waals surface area contributed by atoms with E-state index in [1.54, 1.807) is 5.38 Å². The van der Waals surface area contributed by atoms with Crippen molar-refractivity contribution in [2.24, 2.45) is 5.73 Å². The molecule has 0 radical (unpaired) electrons. The van der Waals surface area contributed by atoms with Crippen LogP contribution in [0, 0.1) is 0 Å². The molecular formula is C18H23ClN4O2S. The molecule has 8 heteroatoms. The van der Waals surface area contributed by atoms with Crippen LogP contribution >= 0.6 is 23.7 Å². The minimum Gasteiger partial charge on any atom is -0.347 e. The number of likely N-dealkylation sites (tertiary alicyclic amines) is 1. The molecule has 0 unspecified atom stereocenters. The van der Waals surface area contributed by atoms with Crippen LogP contribution in [0.1, 0.15) is 50.7 Å². The third-order valence-electron chi connectivity index (χ3n) is 4.26. The maximum Gasteiger partial charge on any atom is 0.271 e. The molecule has 1 aliphatic heterocycles. The number of amides is 2. The highest BCUT2D eigenvalue weighted by Gasteiger charge is 2.18. The van der Waals surface area contributed by atoms with Gasteiger partial charge in [-0.2, -0.15) is 0 Å². The third kappa shape index (κ3) is 5.03. The topological polar surface area (TPSA) is 88.3 Å². The van der Waals surface area contributed by atoms with Crippen LogP contribution in [0.3, 0.4) is 0 Å². The molecule has 0 saturated carbocycles. The van der Waals surface area contributed by atoms with Crippen LogP contribution in [0.4, 0.5) is 0 Å². The molecule has 2 heterocycles. The first-order valence-electron chi connectivity index (χ1n) is 8.48. The number of carbonyl (C=O) groups excluding carboxylic acids is 2. The molecule has 1 fully saturated rings. The first-order chi connectivity index (χ1) is 12.2. The molecule has 1 aliphatic rings. The Morgan fingerprint density at radius 3 is 2.46 bits per heavy atom. The average molecular weight is 395 g/mol. The maximum atomic E-state index is 12.4. The van der Waals surface area contributed by atoms with Crippen molar-refractivity contribution in [1.82, 2.24) is 15.2 Å². The monoisotopic (exact) mass is 394 g/mol. The van der Waals surface area contributed by atoms with Crippen molar-refractivity contribution in [2.75, 3.05) is 13.1 Å². The fraction of sp³-hybridized carbons (Fsp3) is 0.389. The maximum absolute atomic E-state index is 12.4. The van der Waals surface area contributed by atoms with Crippen molar-refractivity contribution in [3.05, 3.63) is 51.5 Å². The van der Waals surface area contributed by atoms with E-state index in [2.05, 4.69) is 10.3 Å². The standard InChI is InChI=1S/C18H22N4O2S.ClH/c19-10-16-21-15(12-25-16)17(23)20-11-13-4-6-14(7-5-13)18(24)22-8-2-1-3-9-22;/h4-7,12H,1-3,8-11,19H2,(H,20,23);1H. The summed E-state index contributed by atoms with van der Waals surface area (Å²) in [6, 6.07) is 7.41. The minimum atomic E-state index is -0.218. The number of nitrogens with zero attached hydrogens (tertiary/aromatic N) is 2. The fourth-order valence-electron chi connectivity index (χ4n) is 2.83. The number of nitrogens with one attached hydrogen (secondary N) is 1. The second-order valence-corrected chi connectivity index (χ2v) is 7.01. The van der Waals surface area contributed by atoms with Gasteiger partial charge in [-0.3, -0.25) is 9.59 Å². The van der Waals surface area contributed by atoms with Crippen LogP contribution in [0.15, 0.2) is 29.6 Å². The van der Waals surface area contributed by atoms with E-state index in [-0.39, 0.29) is 24.2 Å². The van der Waals surface area contributed by atoms with Crippen LogP contribution in [0.25, 0.3) is 0 Å². The van der Waals surface area contributed by atoms with Crippen molar-refractivity contribution >= 4 is 35.6 Å². The first-order valence-corrected chi connectivity index (χ1v) is 9.36. The lowest BCUT2D eigenvalue weighted by Gasteiger charge is -2.26. The predicted octanol–water partition coefficient (Wildman–Crippen LogP) is 2.58. The zero-order valence-corrected chi connectivity index (χ0v) is 16.1. The van der Waals surface area contributed by atoms with E-state index in [0.717, 1.165) is 36.5 Å². The molecule has 1 aromatic carbocycles. The number of piperidine rings is 1. The lowest BCUT2D eigenvalue weighted by atomic mass is 10.1. The summed E-state index contributed by atoms with van der Waals surface area (Å²) in [7, 11) is 0. The Labute approximate surface area is 163 Å². The van der Waals surface area contributed by atoms with E-state index < -0.39 is 0 Å². The first kappa shape index (κ1) is 20.4. The van der Waals surface area contributed by atoms with Gasteiger partial charge in [-0.1, -0.05) is 12.1 Å². The molecule has 3 rings (SSSR count). The second kappa shape index (κ2) is 9.66. The zero-order chi connectivity index (χ0) is 17.6. The number of halogens is 1. The van der Waals surface area contributed by atoms with Gasteiger partial charge in [0.15, 0.2) is 0 Å². The lowest BCUT2D eigenvalue weighted by molar-refractivity contribution is 0.0724. The van der Waals surface area contributed by atoms with Gasteiger partial charge in [-0.05, 0) is 37.0 Å². The summed E-state index contributed by atoms with van der Waals surface area (Å²) in [6.45, 7) is 2.42. The third-order valence-corrected chi connectivity index (χ3v) is 5.13. The molecule has 140 valence electrons. The van der Waals surface area contributed by atoms with Crippen molar-refractivity contribution in [3.8, 4) is 0 Å². The smallest absolute Gasteiger partial charge is 0.271 e. The summed E-state index contributed by atoms with van der Waals surface area (Å²) in [6.07, 6.45) is 3.37. The van der Waals surface area contributed by atoms with Gasteiger partial charge < -0.3 is 16.0 Å². The lowest BCUT2D eigenvalue weighted by Crippen LogP contribution is -2.35. The molecule has 0 aliphatic carbocycles. The number of benzene rings is 1. The molecule has 2 aromatic rings. The summed E-state index contributed by atoms with van der Waals surface area (Å²) in [5, 5.41) is 5.28. The predicted molar refractivity (Wildman–Crippen MR) is 105 cm³/mol. The molecule has 1 saturated heterocycles. The van der Waals surface area contributed by atoms with Gasteiger partial charge in [0.05, 0.1) is 0 Å². The Hall–Kier alpha value is -1.96. The van der Waals surface area contributed by atoms with Crippen molar-refractivity contribution in [2.45, 2.75) is 32.4 Å². The largest absolute Gasteiger partial charge is 0.347 e. The number of rotatable bonds is 5. The van der Waals surface area contributed by atoms with Crippen LogP contribution in [-0.2, 0) is 13.1 Å². The van der Waals surface area contributed by atoms with Crippen LogP contribution < -0.4 is 11.1 Å². The Kier molecular flexibility index (Phi) is 7.56. The van der Waals surface area contributed by atoms with Gasteiger partial charge >= 0.3 is 0 Å². The molecule has 0 atom stereocenters. The van der Waals surface area contributed by atoms with E-state index in [0.29, 0.717) is 24.3 Å². The van der Waals surface area contributed by atoms with Crippen molar-refractivity contribution < 1.29 is 9.59 Å². The molecule has 3 N–H and O–H groups in total. The summed E-state index contributed by atoms with van der Waals surface area (Å²) in [5.74, 6) is -0.128. The average Bonchev–Trinajstić information content (AvgIpc) is 3.16. The fourth-order valence-corrected chi connectivity index (χ4v) is 3.48. The highest BCUT2D eigenvalue weighted by Crippen LogP contribution is 2.14. The molecule has 0 spiro atoms. The SMILES string of the molecule is Cl.NCc1nc(C(=O)NCc2ccc(C(=O)N3CCCCC3)cc2)cs1. The number of aromatic nitrogens is 1. The van der Waals surface area contributed by atoms with Crippen LogP contribution in [0.5, 0.6) is 0 Å². The summed E-state index contributed by atoms with van der Waals surface area (Å²) in [4.78, 5) is 30.6. The van der Waals surface area contributed by atoms with Crippen LogP contribution in [-0.4, -0.2) is 34.8 Å². The molecule has 1 aromatic heterocycles. The zero-order valence-electron chi connectivity index (χ0n) is 14.4. The van der Waals surface area contributed by atoms with Gasteiger partial charge in [0.25, 0.3) is 11.8 Å². The second-order valence-electron chi connectivity index (χ2n) is 6.06. The van der Waals surface area contributed by atoms with Gasteiger partial charge in [-0.25, -0.2) is 4.98 Å². The van der Waals surface area contributed by atoms with Gasteiger partial charge in [-0.15, -0.1) is 23.7 Å². The summed E-state index contributed by atoms with van der Waals surface area (Å²) >= 11 is 1.38. The Morgan fingerprint density at radius 2 is 1.85 bits per heavy atom. The normalized spacial score (nSPS) is 13.8. The van der Waals surface area contributed by atoms with Gasteiger partial charge in [0.1, 0.15) is 10.7 Å². The summed E-state index contributed by atoms with van der Waals surface area (Å²) < 4.78 is 0. The van der Waals surface area contributed by atoms with E-state index >= 15 is 0 Å². The van der Waals surface area contributed by atoms with E-state index in [4.69, 9.17) is 5.73 Å². The molecular weight excluding hydrogens is 372 g/mol. The van der Waals surface area contributed by atoms with Gasteiger partial charge in [0, 0.05) is 37.1 Å². The highest BCUT2D eigenvalue weighted by molar-refractivity contribution is 7.09. The minimum absolute atomic E-state index is 0. The Bertz CT molecular complexity index is 742. The van der Waals surface area contributed by atoms with Crippen molar-refractivity contribution in [3.63, 3.8) is 0 Å². The quantitative estimate of drug-likeness (QED) is 0.815. The molecule has 2 amide bonds. The molecule has 0 bridgehead atoms. The van der Waals surface area contributed by atoms with Crippen LogP contribution in [0.2, 0.25) is 0 Å². The van der Waals surface area contributed by atoms with Crippen molar-refractivity contribution in [1.29, 1.82) is 0 Å². The van der Waals surface area contributed by atoms with E-state index in [9.17, 15) is 9.59 Å². The number of nitrogens with two attached hydrogens (primary N) is 1. The number of hydrogen-bond acceptors (Lipinski definition) is 5. The number of hydrogen-bond donors (Lipinski definition) is 2. The van der Waals surface area contributed by atoms with E-state index in [1.807, 2.05) is 29.2 Å². The summed E-state index contributed by atoms with van der Waals surface area (Å²) in [5.41, 5.74) is 7.54. The number of thiazole rings is 1. The van der Waals surface area contributed by atoms with E-state index in [1.165, 1.54) is 17.8 Å².